The third-order valence-corrected chi connectivity index (χ3v) is 6.88. The molecule has 0 radical (unpaired) electrons. The van der Waals surface area contributed by atoms with Crippen LogP contribution < -0.4 is 4.90 Å². The lowest BCUT2D eigenvalue weighted by atomic mass is 9.90. The van der Waals surface area contributed by atoms with Crippen LogP contribution in [0.1, 0.15) is 48.1 Å². The maximum Gasteiger partial charge on any atom is 0.157 e. The highest BCUT2D eigenvalue weighted by atomic mass is 15.2. The molecule has 0 saturated carbocycles. The zero-order valence-electron chi connectivity index (χ0n) is 19.4. The fraction of sp³-hybridized carbons (Fsp3) is 0.357. The highest BCUT2D eigenvalue weighted by molar-refractivity contribution is 5.86. The summed E-state index contributed by atoms with van der Waals surface area (Å²) in [7, 11) is 0. The van der Waals surface area contributed by atoms with E-state index in [1.165, 1.54) is 28.9 Å². The van der Waals surface area contributed by atoms with Crippen LogP contribution in [0.5, 0.6) is 0 Å². The van der Waals surface area contributed by atoms with E-state index in [1.807, 2.05) is 12.1 Å². The lowest BCUT2D eigenvalue weighted by Gasteiger charge is -2.38. The molecule has 5 rings (SSSR count). The number of aromatic nitrogens is 2. The summed E-state index contributed by atoms with van der Waals surface area (Å²) in [6.45, 7) is 11.0. The number of aryl methyl sites for hydroxylation is 1. The summed E-state index contributed by atoms with van der Waals surface area (Å²) in [5, 5.41) is 10.1. The van der Waals surface area contributed by atoms with Gasteiger partial charge in [-0.15, -0.1) is 0 Å². The average Bonchev–Trinajstić information content (AvgIpc) is 3.14. The molecule has 1 fully saturated rings. The topological polar surface area (TPSA) is 44.3 Å². The first kappa shape index (κ1) is 20.6. The number of nitrogens with zero attached hydrogens (tertiary/aromatic N) is 4. The van der Waals surface area contributed by atoms with Gasteiger partial charge in [0.1, 0.15) is 11.9 Å². The Hall–Kier alpha value is -3.32. The summed E-state index contributed by atoms with van der Waals surface area (Å²) < 4.78 is 2.26. The Bertz CT molecular complexity index is 1330. The van der Waals surface area contributed by atoms with Gasteiger partial charge in [-0.05, 0) is 55.4 Å². The van der Waals surface area contributed by atoms with Crippen molar-refractivity contribution in [2.45, 2.75) is 40.5 Å². The summed E-state index contributed by atoms with van der Waals surface area (Å²) in [4.78, 5) is 7.47. The number of nitriles is 1. The van der Waals surface area contributed by atoms with E-state index in [-0.39, 0.29) is 0 Å². The normalized spacial score (nSPS) is 18.9. The van der Waals surface area contributed by atoms with Crippen LogP contribution in [0.15, 0.2) is 48.5 Å². The lowest BCUT2D eigenvalue weighted by molar-refractivity contribution is 0.354. The molecule has 32 heavy (non-hydrogen) atoms. The zero-order chi connectivity index (χ0) is 22.4. The minimum atomic E-state index is 0.631. The quantitative estimate of drug-likeness (QED) is 0.404. The number of hydrogen-bond acceptors (Lipinski definition) is 3. The van der Waals surface area contributed by atoms with Gasteiger partial charge in [0.15, 0.2) is 5.65 Å². The van der Waals surface area contributed by atoms with Crippen molar-refractivity contribution in [2.75, 3.05) is 18.0 Å². The van der Waals surface area contributed by atoms with Crippen molar-refractivity contribution in [1.82, 2.24) is 9.38 Å². The molecule has 3 heterocycles. The number of imidazole rings is 1. The average molecular weight is 423 g/mol. The number of para-hydroxylation sites is 2. The van der Waals surface area contributed by atoms with Crippen molar-refractivity contribution < 1.29 is 0 Å². The molecule has 0 N–H and O–H groups in total. The van der Waals surface area contributed by atoms with E-state index in [9.17, 15) is 5.26 Å². The Morgan fingerprint density at radius 2 is 1.69 bits per heavy atom. The smallest absolute Gasteiger partial charge is 0.157 e. The van der Waals surface area contributed by atoms with E-state index in [2.05, 4.69) is 79.5 Å². The van der Waals surface area contributed by atoms with Crippen molar-refractivity contribution in [1.29, 1.82) is 5.26 Å². The number of pyridine rings is 1. The van der Waals surface area contributed by atoms with Crippen molar-refractivity contribution in [3.8, 4) is 6.07 Å². The third kappa shape index (κ3) is 3.42. The molecule has 0 unspecified atom stereocenters. The first-order chi connectivity index (χ1) is 15.5. The molecule has 2 atom stereocenters. The van der Waals surface area contributed by atoms with Crippen molar-refractivity contribution in [3.05, 3.63) is 76.3 Å². The zero-order valence-corrected chi connectivity index (χ0v) is 19.4. The van der Waals surface area contributed by atoms with Gasteiger partial charge >= 0.3 is 0 Å². The van der Waals surface area contributed by atoms with Gasteiger partial charge in [-0.2, -0.15) is 5.26 Å². The minimum absolute atomic E-state index is 0.631. The van der Waals surface area contributed by atoms with Crippen molar-refractivity contribution >= 4 is 22.5 Å². The second kappa shape index (κ2) is 7.98. The molecule has 0 aliphatic carbocycles. The highest BCUT2D eigenvalue weighted by Crippen LogP contribution is 2.37. The van der Waals surface area contributed by atoms with Gasteiger partial charge in [0, 0.05) is 25.1 Å². The molecule has 4 nitrogen and oxygen atoms in total. The minimum Gasteiger partial charge on any atom is -0.357 e. The van der Waals surface area contributed by atoms with Crippen LogP contribution in [-0.2, 0) is 6.42 Å². The number of hydrogen-bond donors (Lipinski definition) is 0. The fourth-order valence-electron chi connectivity index (χ4n) is 5.45. The van der Waals surface area contributed by atoms with Gasteiger partial charge in [0.2, 0.25) is 0 Å². The van der Waals surface area contributed by atoms with Crippen molar-refractivity contribution in [3.63, 3.8) is 0 Å². The second-order valence-electron chi connectivity index (χ2n) is 9.69. The Labute approximate surface area is 190 Å². The predicted molar refractivity (Wildman–Crippen MR) is 131 cm³/mol. The fourth-order valence-corrected chi connectivity index (χ4v) is 5.45. The molecule has 4 heteroatoms. The Morgan fingerprint density at radius 3 is 2.38 bits per heavy atom. The van der Waals surface area contributed by atoms with E-state index in [0.717, 1.165) is 41.8 Å². The maximum absolute atomic E-state index is 10.1. The standard InChI is InChI=1S/C28H30N4/c1-18-9-11-22(12-10-18)14-23-21(4)24(15-29)27-30-25-7-5-6-8-26(25)32(27)28(23)31-16-19(2)13-20(3)17-31/h5-12,19-20H,13-14,16-17H2,1-4H3/t19-,20-/m1/s1. The van der Waals surface area contributed by atoms with Gasteiger partial charge in [0.05, 0.1) is 16.6 Å². The lowest BCUT2D eigenvalue weighted by Crippen LogP contribution is -2.40. The van der Waals surface area contributed by atoms with E-state index >= 15 is 0 Å². The summed E-state index contributed by atoms with van der Waals surface area (Å²) in [6.07, 6.45) is 2.06. The molecule has 1 saturated heterocycles. The summed E-state index contributed by atoms with van der Waals surface area (Å²) in [5.74, 6) is 2.47. The van der Waals surface area contributed by atoms with Gasteiger partial charge in [-0.1, -0.05) is 55.8 Å². The van der Waals surface area contributed by atoms with E-state index in [1.54, 1.807) is 0 Å². The van der Waals surface area contributed by atoms with E-state index in [0.29, 0.717) is 17.4 Å². The summed E-state index contributed by atoms with van der Waals surface area (Å²) in [6, 6.07) is 19.5. The Kier molecular flexibility index (Phi) is 5.13. The monoisotopic (exact) mass is 422 g/mol. The number of anilines is 1. The number of fused-ring (bicyclic) bond motifs is 3. The Morgan fingerprint density at radius 1 is 1.00 bits per heavy atom. The molecule has 1 aliphatic heterocycles. The SMILES string of the molecule is Cc1ccc(Cc2c(C)c(C#N)c3nc4ccccc4n3c2N2C[C@H](C)C[C@@H](C)C2)cc1. The van der Waals surface area contributed by atoms with E-state index in [4.69, 9.17) is 4.98 Å². The second-order valence-corrected chi connectivity index (χ2v) is 9.69. The Balaban J connectivity index is 1.83. The van der Waals surface area contributed by atoms with Crippen LogP contribution in [-0.4, -0.2) is 22.5 Å². The van der Waals surface area contributed by atoms with Gasteiger partial charge in [-0.3, -0.25) is 4.40 Å². The summed E-state index contributed by atoms with van der Waals surface area (Å²) >= 11 is 0. The molecule has 162 valence electrons. The molecule has 4 aromatic rings. The molecule has 2 aromatic carbocycles. The van der Waals surface area contributed by atoms with Gasteiger partial charge in [0.25, 0.3) is 0 Å². The highest BCUT2D eigenvalue weighted by Gasteiger charge is 2.29. The maximum atomic E-state index is 10.1. The number of rotatable bonds is 3. The predicted octanol–water partition coefficient (Wildman–Crippen LogP) is 6.05. The van der Waals surface area contributed by atoms with Crippen LogP contribution in [0.3, 0.4) is 0 Å². The number of piperidine rings is 1. The molecular weight excluding hydrogens is 392 g/mol. The van der Waals surface area contributed by atoms with Crippen molar-refractivity contribution in [2.24, 2.45) is 11.8 Å². The van der Waals surface area contributed by atoms with Crippen LogP contribution >= 0.6 is 0 Å². The van der Waals surface area contributed by atoms with Crippen LogP contribution in [0.2, 0.25) is 0 Å². The third-order valence-electron chi connectivity index (χ3n) is 6.88. The number of benzene rings is 2. The molecule has 0 bridgehead atoms. The molecular formula is C28H30N4. The molecule has 1 aliphatic rings. The van der Waals surface area contributed by atoms with Crippen LogP contribution in [0, 0.1) is 37.0 Å². The van der Waals surface area contributed by atoms with Crippen LogP contribution in [0.4, 0.5) is 5.82 Å². The summed E-state index contributed by atoms with van der Waals surface area (Å²) in [5.41, 5.74) is 8.30. The molecule has 2 aromatic heterocycles. The van der Waals surface area contributed by atoms with Gasteiger partial charge in [-0.25, -0.2) is 4.98 Å². The van der Waals surface area contributed by atoms with Crippen LogP contribution in [0.25, 0.3) is 16.7 Å². The molecule has 0 amide bonds. The first-order valence-corrected chi connectivity index (χ1v) is 11.6. The van der Waals surface area contributed by atoms with Gasteiger partial charge < -0.3 is 4.90 Å². The first-order valence-electron chi connectivity index (χ1n) is 11.6. The molecule has 0 spiro atoms. The largest absolute Gasteiger partial charge is 0.357 e. The van der Waals surface area contributed by atoms with E-state index < -0.39 is 0 Å².